The smallest absolute Gasteiger partial charge is 0.337 e. The number of carbonyl (C=O) groups is 1. The molecule has 0 aromatic carbocycles. The second-order valence-electron chi connectivity index (χ2n) is 5.54. The number of aromatic nitrogens is 4. The van der Waals surface area contributed by atoms with Gasteiger partial charge in [0.15, 0.2) is 0 Å². The molecule has 23 heavy (non-hydrogen) atoms. The van der Waals surface area contributed by atoms with Gasteiger partial charge in [-0.15, -0.1) is 0 Å². The summed E-state index contributed by atoms with van der Waals surface area (Å²) in [7, 11) is 0. The van der Waals surface area contributed by atoms with Crippen molar-refractivity contribution in [3.05, 3.63) is 40.8 Å². The fourth-order valence-electron chi connectivity index (χ4n) is 2.48. The van der Waals surface area contributed by atoms with E-state index in [0.29, 0.717) is 11.6 Å². The van der Waals surface area contributed by atoms with Crippen molar-refractivity contribution < 1.29 is 9.90 Å². The number of nitrogens with zero attached hydrogens (tertiary/aromatic N) is 4. The van der Waals surface area contributed by atoms with E-state index < -0.39 is 5.97 Å². The lowest BCUT2D eigenvalue weighted by molar-refractivity contribution is 0.0696. The molecule has 0 amide bonds. The summed E-state index contributed by atoms with van der Waals surface area (Å²) in [6.45, 7) is 0. The second kappa shape index (κ2) is 5.58. The summed E-state index contributed by atoms with van der Waals surface area (Å²) in [6, 6.07) is 4.09. The number of fused-ring (bicyclic) bond motifs is 1. The van der Waals surface area contributed by atoms with Crippen molar-refractivity contribution >= 4 is 39.8 Å². The Morgan fingerprint density at radius 1 is 1.39 bits per heavy atom. The third-order valence-corrected chi connectivity index (χ3v) is 4.93. The Balaban J connectivity index is 1.56. The number of aromatic carboxylic acids is 1. The lowest BCUT2D eigenvalue weighted by Crippen LogP contribution is -2.17. The van der Waals surface area contributed by atoms with Gasteiger partial charge in [0, 0.05) is 12.4 Å². The van der Waals surface area contributed by atoms with Crippen LogP contribution < -0.4 is 0 Å². The molecule has 0 spiro atoms. The summed E-state index contributed by atoms with van der Waals surface area (Å²) in [5.74, 6) is -0.994. The molecule has 0 unspecified atom stereocenters. The topological polar surface area (TPSA) is 80.9 Å². The molecule has 3 heterocycles. The van der Waals surface area contributed by atoms with Crippen LogP contribution in [0.2, 0.25) is 0 Å². The first-order chi connectivity index (χ1) is 11.2. The lowest BCUT2D eigenvalue weighted by Gasteiger charge is -2.25. The Labute approximate surface area is 136 Å². The van der Waals surface area contributed by atoms with Crippen molar-refractivity contribution in [1.82, 2.24) is 19.7 Å². The van der Waals surface area contributed by atoms with Gasteiger partial charge in [-0.05, 0) is 43.5 Å². The molecule has 0 aliphatic heterocycles. The molecule has 1 aliphatic rings. The van der Waals surface area contributed by atoms with E-state index >= 15 is 0 Å². The minimum Gasteiger partial charge on any atom is -0.478 e. The zero-order chi connectivity index (χ0) is 15.8. The predicted octanol–water partition coefficient (Wildman–Crippen LogP) is 3.48. The van der Waals surface area contributed by atoms with Crippen LogP contribution >= 0.6 is 11.3 Å². The first-order valence-corrected chi connectivity index (χ1v) is 8.24. The average molecular weight is 326 g/mol. The van der Waals surface area contributed by atoms with Crippen molar-refractivity contribution in [2.45, 2.75) is 25.3 Å². The van der Waals surface area contributed by atoms with Crippen LogP contribution in [0, 0.1) is 0 Å². The van der Waals surface area contributed by atoms with E-state index in [-0.39, 0.29) is 5.56 Å². The normalized spacial score (nSPS) is 15.3. The Morgan fingerprint density at radius 3 is 3.00 bits per heavy atom. The van der Waals surface area contributed by atoms with E-state index in [0.717, 1.165) is 15.5 Å². The largest absolute Gasteiger partial charge is 0.478 e. The first kappa shape index (κ1) is 14.1. The number of carboxylic acid groups (broad SMARTS) is 1. The van der Waals surface area contributed by atoms with Crippen LogP contribution in [0.15, 0.2) is 24.5 Å². The molecule has 1 fully saturated rings. The minimum absolute atomic E-state index is 0.151. The molecule has 7 heteroatoms. The molecular formula is C16H14N4O2S. The SMILES string of the molecule is O=C(O)c1cnc2sc(/C=C/c3ccn(C4CCC4)n3)nc2c1. The van der Waals surface area contributed by atoms with Gasteiger partial charge < -0.3 is 5.11 Å². The molecule has 1 aliphatic carbocycles. The Morgan fingerprint density at radius 2 is 2.26 bits per heavy atom. The van der Waals surface area contributed by atoms with Crippen molar-refractivity contribution in [3.63, 3.8) is 0 Å². The van der Waals surface area contributed by atoms with E-state index in [1.807, 2.05) is 29.1 Å². The molecule has 0 saturated heterocycles. The fraction of sp³-hybridized carbons (Fsp3) is 0.250. The standard InChI is InChI=1S/C16H14N4O2S/c21-16(22)10-8-13-15(17-9-10)23-14(18-13)5-4-11-6-7-20(19-11)12-2-1-3-12/h4-9,12H,1-3H2,(H,21,22)/b5-4+. The van der Waals surface area contributed by atoms with Gasteiger partial charge >= 0.3 is 5.97 Å². The molecule has 6 nitrogen and oxygen atoms in total. The van der Waals surface area contributed by atoms with Gasteiger partial charge in [-0.3, -0.25) is 4.68 Å². The van der Waals surface area contributed by atoms with Gasteiger partial charge in [0.1, 0.15) is 15.4 Å². The highest BCUT2D eigenvalue weighted by molar-refractivity contribution is 7.18. The number of hydrogen-bond acceptors (Lipinski definition) is 5. The molecule has 1 N–H and O–H groups in total. The predicted molar refractivity (Wildman–Crippen MR) is 88.4 cm³/mol. The van der Waals surface area contributed by atoms with Crippen LogP contribution in [0.4, 0.5) is 0 Å². The summed E-state index contributed by atoms with van der Waals surface area (Å²) in [6.07, 6.45) is 10.9. The highest BCUT2D eigenvalue weighted by Crippen LogP contribution is 2.30. The highest BCUT2D eigenvalue weighted by atomic mass is 32.1. The third kappa shape index (κ3) is 2.75. The van der Waals surface area contributed by atoms with E-state index in [1.54, 1.807) is 6.07 Å². The maximum Gasteiger partial charge on any atom is 0.337 e. The maximum absolute atomic E-state index is 11.0. The lowest BCUT2D eigenvalue weighted by atomic mass is 9.93. The summed E-state index contributed by atoms with van der Waals surface area (Å²) >= 11 is 1.43. The third-order valence-electron chi connectivity index (χ3n) is 3.99. The van der Waals surface area contributed by atoms with Crippen LogP contribution in [-0.4, -0.2) is 30.8 Å². The zero-order valence-electron chi connectivity index (χ0n) is 12.2. The molecule has 3 aromatic rings. The summed E-state index contributed by atoms with van der Waals surface area (Å²) < 4.78 is 2.03. The zero-order valence-corrected chi connectivity index (χ0v) is 13.0. The molecule has 0 radical (unpaired) electrons. The fourth-order valence-corrected chi connectivity index (χ4v) is 3.27. The Hall–Kier alpha value is -2.54. The molecule has 4 rings (SSSR count). The van der Waals surface area contributed by atoms with E-state index in [9.17, 15) is 4.79 Å². The highest BCUT2D eigenvalue weighted by Gasteiger charge is 2.19. The number of rotatable bonds is 4. The van der Waals surface area contributed by atoms with Gasteiger partial charge in [0.25, 0.3) is 0 Å². The summed E-state index contributed by atoms with van der Waals surface area (Å²) in [5.41, 5.74) is 1.66. The van der Waals surface area contributed by atoms with Crippen molar-refractivity contribution in [2.24, 2.45) is 0 Å². The average Bonchev–Trinajstić information content (AvgIpc) is 3.08. The molecule has 0 bridgehead atoms. The number of hydrogen-bond donors (Lipinski definition) is 1. The van der Waals surface area contributed by atoms with E-state index in [1.165, 1.54) is 36.8 Å². The van der Waals surface area contributed by atoms with Gasteiger partial charge in [-0.1, -0.05) is 11.3 Å². The van der Waals surface area contributed by atoms with Crippen molar-refractivity contribution in [2.75, 3.05) is 0 Å². The summed E-state index contributed by atoms with van der Waals surface area (Å²) in [5, 5.41) is 14.3. The van der Waals surface area contributed by atoms with Gasteiger partial charge in [0.2, 0.25) is 0 Å². The molecule has 3 aromatic heterocycles. The Bertz CT molecular complexity index is 908. The first-order valence-electron chi connectivity index (χ1n) is 7.42. The van der Waals surface area contributed by atoms with Crippen LogP contribution in [0.5, 0.6) is 0 Å². The van der Waals surface area contributed by atoms with Crippen molar-refractivity contribution in [3.8, 4) is 0 Å². The molecule has 0 atom stereocenters. The minimum atomic E-state index is -0.994. The Kier molecular flexibility index (Phi) is 3.42. The van der Waals surface area contributed by atoms with Crippen LogP contribution in [0.25, 0.3) is 22.5 Å². The number of pyridine rings is 1. The number of thiazole rings is 1. The van der Waals surface area contributed by atoms with Crippen LogP contribution in [0.1, 0.15) is 46.4 Å². The van der Waals surface area contributed by atoms with Crippen LogP contribution in [0.3, 0.4) is 0 Å². The molecular weight excluding hydrogens is 312 g/mol. The molecule has 1 saturated carbocycles. The maximum atomic E-state index is 11.0. The van der Waals surface area contributed by atoms with Gasteiger partial charge in [-0.25, -0.2) is 14.8 Å². The van der Waals surface area contributed by atoms with Crippen molar-refractivity contribution in [1.29, 1.82) is 0 Å². The summed E-state index contributed by atoms with van der Waals surface area (Å²) in [4.78, 5) is 20.2. The second-order valence-corrected chi connectivity index (χ2v) is 6.55. The monoisotopic (exact) mass is 326 g/mol. The van der Waals surface area contributed by atoms with E-state index in [2.05, 4.69) is 15.1 Å². The quantitative estimate of drug-likeness (QED) is 0.794. The van der Waals surface area contributed by atoms with Gasteiger partial charge in [-0.2, -0.15) is 5.10 Å². The number of carboxylic acids is 1. The van der Waals surface area contributed by atoms with E-state index in [4.69, 9.17) is 5.11 Å². The molecule has 116 valence electrons. The van der Waals surface area contributed by atoms with Gasteiger partial charge in [0.05, 0.1) is 17.3 Å². The van der Waals surface area contributed by atoms with Crippen LogP contribution in [-0.2, 0) is 0 Å².